The van der Waals surface area contributed by atoms with Crippen LogP contribution in [-0.2, 0) is 6.54 Å². The molecular formula is C15H16BrN3. The van der Waals surface area contributed by atoms with E-state index in [-0.39, 0.29) is 0 Å². The number of hydrogen-bond donors (Lipinski definition) is 1. The molecule has 0 aliphatic carbocycles. The van der Waals surface area contributed by atoms with Crippen molar-refractivity contribution < 1.29 is 0 Å². The zero-order chi connectivity index (χ0) is 13.2. The van der Waals surface area contributed by atoms with Crippen molar-refractivity contribution in [2.24, 2.45) is 0 Å². The minimum Gasteiger partial charge on any atom is -0.325 e. The molecule has 1 N–H and O–H groups in total. The number of fused-ring (bicyclic) bond motifs is 1. The highest BCUT2D eigenvalue weighted by molar-refractivity contribution is 9.10. The van der Waals surface area contributed by atoms with E-state index >= 15 is 0 Å². The first-order valence-corrected chi connectivity index (χ1v) is 7.23. The van der Waals surface area contributed by atoms with E-state index in [1.807, 2.05) is 6.20 Å². The fourth-order valence-electron chi connectivity index (χ4n) is 2.37. The molecule has 0 saturated heterocycles. The Morgan fingerprint density at radius 2 is 2.16 bits per heavy atom. The average molecular weight is 318 g/mol. The number of nitrogens with one attached hydrogen (secondary N) is 1. The summed E-state index contributed by atoms with van der Waals surface area (Å²) in [6.07, 6.45) is 1.88. The maximum Gasteiger partial charge on any atom is 0.133 e. The van der Waals surface area contributed by atoms with Crippen LogP contribution in [0.1, 0.15) is 11.1 Å². The standard InChI is InChI=1S/C15H16BrN3/c1-11-8-15(18-10-13(11)16)19-7-6-17-9-12-4-2-3-5-14(12)19/h2-5,8,10,17H,6-7,9H2,1H3. The molecular weight excluding hydrogens is 302 g/mol. The summed E-state index contributed by atoms with van der Waals surface area (Å²) < 4.78 is 1.05. The Balaban J connectivity index is 2.06. The molecule has 1 aromatic carbocycles. The second-order valence-electron chi connectivity index (χ2n) is 4.75. The number of hydrogen-bond acceptors (Lipinski definition) is 3. The third-order valence-corrected chi connectivity index (χ3v) is 4.25. The predicted octanol–water partition coefficient (Wildman–Crippen LogP) is 3.39. The van der Waals surface area contributed by atoms with Gasteiger partial charge in [-0.15, -0.1) is 0 Å². The van der Waals surface area contributed by atoms with Crippen molar-refractivity contribution in [1.82, 2.24) is 10.3 Å². The number of nitrogens with zero attached hydrogens (tertiary/aromatic N) is 2. The van der Waals surface area contributed by atoms with E-state index in [2.05, 4.69) is 68.4 Å². The van der Waals surface area contributed by atoms with Crippen molar-refractivity contribution in [1.29, 1.82) is 0 Å². The smallest absolute Gasteiger partial charge is 0.133 e. The summed E-state index contributed by atoms with van der Waals surface area (Å²) in [4.78, 5) is 6.84. The normalized spacial score (nSPS) is 14.9. The topological polar surface area (TPSA) is 28.2 Å². The van der Waals surface area contributed by atoms with Crippen LogP contribution in [0.25, 0.3) is 0 Å². The number of benzene rings is 1. The zero-order valence-corrected chi connectivity index (χ0v) is 12.4. The van der Waals surface area contributed by atoms with Gasteiger partial charge in [0.2, 0.25) is 0 Å². The molecule has 0 spiro atoms. The summed E-state index contributed by atoms with van der Waals surface area (Å²) in [5.74, 6) is 1.01. The van der Waals surface area contributed by atoms with E-state index < -0.39 is 0 Å². The monoisotopic (exact) mass is 317 g/mol. The summed E-state index contributed by atoms with van der Waals surface area (Å²) in [6, 6.07) is 10.6. The van der Waals surface area contributed by atoms with Gasteiger partial charge in [0.1, 0.15) is 5.82 Å². The van der Waals surface area contributed by atoms with Gasteiger partial charge in [-0.3, -0.25) is 0 Å². The molecule has 1 aromatic heterocycles. The fraction of sp³-hybridized carbons (Fsp3) is 0.267. The summed E-state index contributed by atoms with van der Waals surface area (Å²) in [6.45, 7) is 4.91. The maximum absolute atomic E-state index is 4.55. The van der Waals surface area contributed by atoms with Crippen LogP contribution < -0.4 is 10.2 Å². The molecule has 98 valence electrons. The van der Waals surface area contributed by atoms with Gasteiger partial charge in [0.05, 0.1) is 0 Å². The molecule has 1 aliphatic heterocycles. The predicted molar refractivity (Wildman–Crippen MR) is 81.8 cm³/mol. The molecule has 0 unspecified atom stereocenters. The van der Waals surface area contributed by atoms with Crippen molar-refractivity contribution >= 4 is 27.4 Å². The van der Waals surface area contributed by atoms with E-state index in [0.29, 0.717) is 0 Å². The Morgan fingerprint density at radius 1 is 1.32 bits per heavy atom. The minimum atomic E-state index is 0.919. The van der Waals surface area contributed by atoms with Gasteiger partial charge in [0.25, 0.3) is 0 Å². The number of rotatable bonds is 1. The van der Waals surface area contributed by atoms with Crippen molar-refractivity contribution in [2.75, 3.05) is 18.0 Å². The first kappa shape index (κ1) is 12.6. The summed E-state index contributed by atoms with van der Waals surface area (Å²) >= 11 is 3.51. The lowest BCUT2D eigenvalue weighted by atomic mass is 10.1. The second-order valence-corrected chi connectivity index (χ2v) is 5.60. The van der Waals surface area contributed by atoms with E-state index in [9.17, 15) is 0 Å². The van der Waals surface area contributed by atoms with E-state index in [1.165, 1.54) is 16.8 Å². The Kier molecular flexibility index (Phi) is 3.53. The highest BCUT2D eigenvalue weighted by Crippen LogP contribution is 2.30. The van der Waals surface area contributed by atoms with Crippen LogP contribution in [0.4, 0.5) is 11.5 Å². The zero-order valence-electron chi connectivity index (χ0n) is 10.9. The van der Waals surface area contributed by atoms with Gasteiger partial charge in [0, 0.05) is 36.0 Å². The average Bonchev–Trinajstić information content (AvgIpc) is 2.64. The SMILES string of the molecule is Cc1cc(N2CCNCc3ccccc32)ncc1Br. The molecule has 0 amide bonds. The first-order valence-electron chi connectivity index (χ1n) is 6.44. The summed E-state index contributed by atoms with van der Waals surface area (Å²) in [7, 11) is 0. The molecule has 4 heteroatoms. The lowest BCUT2D eigenvalue weighted by Crippen LogP contribution is -2.25. The van der Waals surface area contributed by atoms with Gasteiger partial charge in [0.15, 0.2) is 0 Å². The molecule has 3 rings (SSSR count). The van der Waals surface area contributed by atoms with Gasteiger partial charge < -0.3 is 10.2 Å². The van der Waals surface area contributed by atoms with E-state index in [0.717, 1.165) is 29.9 Å². The minimum absolute atomic E-state index is 0.919. The second kappa shape index (κ2) is 5.31. The third-order valence-electron chi connectivity index (χ3n) is 3.42. The number of aromatic nitrogens is 1. The van der Waals surface area contributed by atoms with Crippen molar-refractivity contribution in [3.63, 3.8) is 0 Å². The Bertz CT molecular complexity index is 598. The lowest BCUT2D eigenvalue weighted by molar-refractivity contribution is 0.711. The largest absolute Gasteiger partial charge is 0.325 e. The highest BCUT2D eigenvalue weighted by atomic mass is 79.9. The van der Waals surface area contributed by atoms with Gasteiger partial charge in [-0.2, -0.15) is 0 Å². The first-order chi connectivity index (χ1) is 9.25. The highest BCUT2D eigenvalue weighted by Gasteiger charge is 2.17. The van der Waals surface area contributed by atoms with Gasteiger partial charge in [-0.1, -0.05) is 18.2 Å². The molecule has 2 aromatic rings. The molecule has 19 heavy (non-hydrogen) atoms. The van der Waals surface area contributed by atoms with E-state index in [1.54, 1.807) is 0 Å². The maximum atomic E-state index is 4.55. The van der Waals surface area contributed by atoms with Gasteiger partial charge in [-0.05, 0) is 46.1 Å². The molecule has 1 aliphatic rings. The number of halogens is 1. The Hall–Kier alpha value is -1.39. The van der Waals surface area contributed by atoms with Crippen molar-refractivity contribution in [3.05, 3.63) is 52.1 Å². The molecule has 2 heterocycles. The molecule has 0 bridgehead atoms. The molecule has 0 fully saturated rings. The molecule has 3 nitrogen and oxygen atoms in total. The van der Waals surface area contributed by atoms with Crippen LogP contribution in [0.15, 0.2) is 41.0 Å². The quantitative estimate of drug-likeness (QED) is 0.873. The third kappa shape index (κ3) is 2.51. The molecule has 0 atom stereocenters. The van der Waals surface area contributed by atoms with Crippen LogP contribution in [0, 0.1) is 6.92 Å². The van der Waals surface area contributed by atoms with Crippen molar-refractivity contribution in [3.8, 4) is 0 Å². The number of anilines is 2. The fourth-order valence-corrected chi connectivity index (χ4v) is 2.58. The van der Waals surface area contributed by atoms with Crippen molar-refractivity contribution in [2.45, 2.75) is 13.5 Å². The molecule has 0 saturated carbocycles. The Morgan fingerprint density at radius 3 is 3.00 bits per heavy atom. The number of para-hydroxylation sites is 1. The lowest BCUT2D eigenvalue weighted by Gasteiger charge is -2.24. The van der Waals surface area contributed by atoms with Gasteiger partial charge >= 0.3 is 0 Å². The van der Waals surface area contributed by atoms with Crippen LogP contribution in [0.2, 0.25) is 0 Å². The van der Waals surface area contributed by atoms with Crippen LogP contribution >= 0.6 is 15.9 Å². The molecule has 0 radical (unpaired) electrons. The summed E-state index contributed by atoms with van der Waals surface area (Å²) in [5.41, 5.74) is 3.78. The van der Waals surface area contributed by atoms with Crippen LogP contribution in [0.3, 0.4) is 0 Å². The Labute approximate surface area is 121 Å². The summed E-state index contributed by atoms with van der Waals surface area (Å²) in [5, 5.41) is 3.45. The van der Waals surface area contributed by atoms with Crippen LogP contribution in [-0.4, -0.2) is 18.1 Å². The number of aryl methyl sites for hydroxylation is 1. The van der Waals surface area contributed by atoms with Crippen LogP contribution in [0.5, 0.6) is 0 Å². The van der Waals surface area contributed by atoms with E-state index in [4.69, 9.17) is 0 Å². The number of pyridine rings is 1. The van der Waals surface area contributed by atoms with Gasteiger partial charge in [-0.25, -0.2) is 4.98 Å².